The van der Waals surface area contributed by atoms with Gasteiger partial charge in [-0.15, -0.1) is 0 Å². The molecule has 0 unspecified atom stereocenters. The lowest BCUT2D eigenvalue weighted by molar-refractivity contribution is -0.0300. The van der Waals surface area contributed by atoms with Crippen molar-refractivity contribution in [2.24, 2.45) is 0 Å². The van der Waals surface area contributed by atoms with E-state index in [1.54, 1.807) is 18.2 Å². The monoisotopic (exact) mass is 234 g/mol. The van der Waals surface area contributed by atoms with E-state index in [0.29, 0.717) is 17.8 Å². The minimum Gasteiger partial charge on any atom is -0.398 e. The summed E-state index contributed by atoms with van der Waals surface area (Å²) in [6, 6.07) is 5.27. The van der Waals surface area contributed by atoms with Gasteiger partial charge in [0.15, 0.2) is 0 Å². The Labute approximate surface area is 101 Å². The molecule has 1 aliphatic carbocycles. The number of hydrogen-bond donors (Lipinski definition) is 3. The van der Waals surface area contributed by atoms with E-state index in [2.05, 4.69) is 5.32 Å². The molecule has 4 N–H and O–H groups in total. The number of anilines is 1. The minimum absolute atomic E-state index is 0.171. The van der Waals surface area contributed by atoms with Gasteiger partial charge >= 0.3 is 0 Å². The zero-order chi connectivity index (χ0) is 12.5. The van der Waals surface area contributed by atoms with Gasteiger partial charge in [0, 0.05) is 17.8 Å². The van der Waals surface area contributed by atoms with Crippen molar-refractivity contribution >= 4 is 11.6 Å². The first-order valence-electron chi connectivity index (χ1n) is 5.87. The zero-order valence-electron chi connectivity index (χ0n) is 9.99. The summed E-state index contributed by atoms with van der Waals surface area (Å²) in [5.41, 5.74) is 7.03. The highest BCUT2D eigenvalue weighted by Gasteiger charge is 2.34. The van der Waals surface area contributed by atoms with Crippen LogP contribution in [0.25, 0.3) is 0 Å². The van der Waals surface area contributed by atoms with E-state index >= 15 is 0 Å². The van der Waals surface area contributed by atoms with Crippen molar-refractivity contribution in [3.63, 3.8) is 0 Å². The van der Waals surface area contributed by atoms with E-state index in [1.165, 1.54) is 0 Å². The molecule has 0 saturated heterocycles. The Bertz CT molecular complexity index is 439. The van der Waals surface area contributed by atoms with Crippen molar-refractivity contribution in [2.75, 3.05) is 12.3 Å². The third-order valence-corrected chi connectivity index (χ3v) is 3.48. The first kappa shape index (κ1) is 11.9. The number of carbonyl (C=O) groups is 1. The van der Waals surface area contributed by atoms with Crippen molar-refractivity contribution < 1.29 is 9.90 Å². The topological polar surface area (TPSA) is 75.4 Å². The molecular weight excluding hydrogens is 216 g/mol. The molecule has 1 fully saturated rings. The number of rotatable bonds is 3. The standard InChI is InChI=1S/C13H18N2O2/c1-9-10(4-2-5-11(9)14)12(16)15-8-13(17)6-3-7-13/h2,4-5,17H,3,6-8,14H2,1H3,(H,15,16). The van der Waals surface area contributed by atoms with Crippen molar-refractivity contribution in [2.45, 2.75) is 31.8 Å². The lowest BCUT2D eigenvalue weighted by Gasteiger charge is -2.36. The quantitative estimate of drug-likeness (QED) is 0.688. The third-order valence-electron chi connectivity index (χ3n) is 3.48. The van der Waals surface area contributed by atoms with Crippen LogP contribution in [0, 0.1) is 6.92 Å². The van der Waals surface area contributed by atoms with Gasteiger partial charge in [0.25, 0.3) is 5.91 Å². The molecule has 1 saturated carbocycles. The molecule has 1 aromatic rings. The average molecular weight is 234 g/mol. The summed E-state index contributed by atoms with van der Waals surface area (Å²) in [5.74, 6) is -0.171. The lowest BCUT2D eigenvalue weighted by atomic mass is 9.80. The molecule has 0 bridgehead atoms. The molecule has 4 nitrogen and oxygen atoms in total. The highest BCUT2D eigenvalue weighted by atomic mass is 16.3. The number of carbonyl (C=O) groups excluding carboxylic acids is 1. The van der Waals surface area contributed by atoms with E-state index in [0.717, 1.165) is 24.8 Å². The second-order valence-corrected chi connectivity index (χ2v) is 4.78. The molecule has 17 heavy (non-hydrogen) atoms. The van der Waals surface area contributed by atoms with E-state index in [4.69, 9.17) is 5.73 Å². The Hall–Kier alpha value is -1.55. The normalized spacial score (nSPS) is 17.3. The number of nitrogen functional groups attached to an aromatic ring is 1. The third kappa shape index (κ3) is 2.42. The van der Waals surface area contributed by atoms with Gasteiger partial charge in [-0.25, -0.2) is 0 Å². The molecule has 0 aromatic heterocycles. The van der Waals surface area contributed by atoms with Gasteiger partial charge in [0.05, 0.1) is 5.60 Å². The van der Waals surface area contributed by atoms with Gasteiger partial charge in [-0.2, -0.15) is 0 Å². The molecule has 0 spiro atoms. The largest absolute Gasteiger partial charge is 0.398 e. The summed E-state index contributed by atoms with van der Waals surface area (Å²) in [6.07, 6.45) is 2.57. The zero-order valence-corrected chi connectivity index (χ0v) is 9.99. The second kappa shape index (κ2) is 4.37. The van der Waals surface area contributed by atoms with Crippen LogP contribution in [0.2, 0.25) is 0 Å². The molecule has 4 heteroatoms. The van der Waals surface area contributed by atoms with Crippen molar-refractivity contribution in [1.29, 1.82) is 0 Å². The molecule has 1 aromatic carbocycles. The fraction of sp³-hybridized carbons (Fsp3) is 0.462. The Kier molecular flexibility index (Phi) is 3.07. The van der Waals surface area contributed by atoms with Crippen LogP contribution < -0.4 is 11.1 Å². The van der Waals surface area contributed by atoms with Gasteiger partial charge in [0.2, 0.25) is 0 Å². The van der Waals surface area contributed by atoms with E-state index < -0.39 is 5.60 Å². The molecule has 0 heterocycles. The fourth-order valence-corrected chi connectivity index (χ4v) is 2.00. The molecule has 92 valence electrons. The number of nitrogens with one attached hydrogen (secondary N) is 1. The van der Waals surface area contributed by atoms with Crippen LogP contribution in [-0.2, 0) is 0 Å². The predicted molar refractivity (Wildman–Crippen MR) is 66.7 cm³/mol. The highest BCUT2D eigenvalue weighted by Crippen LogP contribution is 2.30. The average Bonchev–Trinajstić information content (AvgIpc) is 2.27. The summed E-state index contributed by atoms with van der Waals surface area (Å²) in [4.78, 5) is 11.9. The van der Waals surface area contributed by atoms with Gasteiger partial charge in [0.1, 0.15) is 0 Å². The SMILES string of the molecule is Cc1c(N)cccc1C(=O)NCC1(O)CCC1. The van der Waals surface area contributed by atoms with Crippen LogP contribution in [0.15, 0.2) is 18.2 Å². The van der Waals surface area contributed by atoms with E-state index in [9.17, 15) is 9.90 Å². The minimum atomic E-state index is -0.691. The van der Waals surface area contributed by atoms with Gasteiger partial charge in [-0.1, -0.05) is 6.07 Å². The first-order valence-corrected chi connectivity index (χ1v) is 5.87. The Morgan fingerprint density at radius 1 is 1.53 bits per heavy atom. The number of benzene rings is 1. The maximum Gasteiger partial charge on any atom is 0.251 e. The van der Waals surface area contributed by atoms with Gasteiger partial charge in [-0.05, 0) is 43.9 Å². The van der Waals surface area contributed by atoms with Crippen LogP contribution in [0.4, 0.5) is 5.69 Å². The summed E-state index contributed by atoms with van der Waals surface area (Å²) in [6.45, 7) is 2.14. The van der Waals surface area contributed by atoms with Crippen molar-refractivity contribution in [3.8, 4) is 0 Å². The van der Waals surface area contributed by atoms with Gasteiger partial charge in [-0.3, -0.25) is 4.79 Å². The smallest absolute Gasteiger partial charge is 0.251 e. The van der Waals surface area contributed by atoms with Crippen LogP contribution in [0.3, 0.4) is 0 Å². The van der Waals surface area contributed by atoms with Crippen molar-refractivity contribution in [3.05, 3.63) is 29.3 Å². The Balaban J connectivity index is 2.02. The molecule has 0 radical (unpaired) electrons. The lowest BCUT2D eigenvalue weighted by Crippen LogP contribution is -2.47. The molecule has 1 aliphatic rings. The molecule has 2 rings (SSSR count). The van der Waals surface area contributed by atoms with Crippen molar-refractivity contribution in [1.82, 2.24) is 5.32 Å². The molecule has 0 aliphatic heterocycles. The summed E-state index contributed by atoms with van der Waals surface area (Å²) < 4.78 is 0. The fourth-order valence-electron chi connectivity index (χ4n) is 2.00. The number of amides is 1. The molecule has 1 amide bonds. The maximum atomic E-state index is 11.9. The maximum absolute atomic E-state index is 11.9. The van der Waals surface area contributed by atoms with Crippen LogP contribution in [0.1, 0.15) is 35.2 Å². The molecule has 0 atom stereocenters. The molecular formula is C13H18N2O2. The summed E-state index contributed by atoms with van der Waals surface area (Å²) in [7, 11) is 0. The van der Waals surface area contributed by atoms with Crippen LogP contribution in [0.5, 0.6) is 0 Å². The van der Waals surface area contributed by atoms with Gasteiger partial charge < -0.3 is 16.2 Å². The summed E-state index contributed by atoms with van der Waals surface area (Å²) in [5, 5.41) is 12.7. The van der Waals surface area contributed by atoms with E-state index in [1.807, 2.05) is 6.92 Å². The summed E-state index contributed by atoms with van der Waals surface area (Å²) >= 11 is 0. The highest BCUT2D eigenvalue weighted by molar-refractivity contribution is 5.96. The second-order valence-electron chi connectivity index (χ2n) is 4.78. The number of nitrogens with two attached hydrogens (primary N) is 1. The number of hydrogen-bond acceptors (Lipinski definition) is 3. The van der Waals surface area contributed by atoms with Crippen LogP contribution >= 0.6 is 0 Å². The first-order chi connectivity index (χ1) is 8.02. The number of aliphatic hydroxyl groups is 1. The predicted octanol–water partition coefficient (Wildman–Crippen LogP) is 1.22. The Morgan fingerprint density at radius 2 is 2.24 bits per heavy atom. The Morgan fingerprint density at radius 3 is 2.82 bits per heavy atom. The van der Waals surface area contributed by atoms with E-state index in [-0.39, 0.29) is 5.91 Å². The van der Waals surface area contributed by atoms with Crippen LogP contribution in [-0.4, -0.2) is 23.2 Å².